The second kappa shape index (κ2) is 8.85. The van der Waals surface area contributed by atoms with E-state index in [4.69, 9.17) is 0 Å². The molecule has 1 heterocycles. The van der Waals surface area contributed by atoms with Gasteiger partial charge in [-0.1, -0.05) is 29.3 Å². The van der Waals surface area contributed by atoms with E-state index < -0.39 is 0 Å². The fourth-order valence-corrected chi connectivity index (χ4v) is 2.99. The minimum Gasteiger partial charge on any atom is -0.393 e. The fourth-order valence-electron chi connectivity index (χ4n) is 2.99. The van der Waals surface area contributed by atoms with Crippen molar-refractivity contribution in [2.24, 2.45) is 0 Å². The third-order valence-corrected chi connectivity index (χ3v) is 4.18. The van der Waals surface area contributed by atoms with E-state index in [2.05, 4.69) is 42.3 Å². The molecule has 1 aromatic carbocycles. The van der Waals surface area contributed by atoms with Crippen LogP contribution in [0.25, 0.3) is 6.08 Å². The van der Waals surface area contributed by atoms with Crippen molar-refractivity contribution in [3.8, 4) is 0 Å². The Morgan fingerprint density at radius 3 is 2.57 bits per heavy atom. The van der Waals surface area contributed by atoms with Gasteiger partial charge in [0.15, 0.2) is 0 Å². The smallest absolute Gasteiger partial charge is 0.243 e. The minimum atomic E-state index is -0.124. The zero-order valence-electron chi connectivity index (χ0n) is 14.2. The molecule has 126 valence electrons. The summed E-state index contributed by atoms with van der Waals surface area (Å²) in [6, 6.07) is 6.26. The molecule has 1 fully saturated rings. The first-order valence-corrected chi connectivity index (χ1v) is 8.47. The molecule has 0 spiro atoms. The highest BCUT2D eigenvalue weighted by Gasteiger charge is 2.15. The Hall–Kier alpha value is -1.65. The summed E-state index contributed by atoms with van der Waals surface area (Å²) in [5.74, 6) is -0.0433. The molecule has 1 aliphatic rings. The van der Waals surface area contributed by atoms with E-state index >= 15 is 0 Å². The Balaban J connectivity index is 1.66. The van der Waals surface area contributed by atoms with Crippen LogP contribution in [0, 0.1) is 13.8 Å². The number of benzene rings is 1. The van der Waals surface area contributed by atoms with Crippen LogP contribution in [0.3, 0.4) is 0 Å². The standard InChI is InChI=1S/C19H28N2O2/c1-15-12-16(2)14-17(13-15)4-5-19(23)20-8-3-9-21-10-6-18(22)7-11-21/h4-5,12-14,18,22H,3,6-11H2,1-2H3,(H,20,23)/b5-4+. The number of amides is 1. The number of likely N-dealkylation sites (tertiary alicyclic amines) is 1. The normalized spacial score (nSPS) is 16.8. The van der Waals surface area contributed by atoms with Crippen molar-refractivity contribution in [3.63, 3.8) is 0 Å². The van der Waals surface area contributed by atoms with E-state index in [-0.39, 0.29) is 12.0 Å². The molecule has 0 radical (unpaired) electrons. The first kappa shape index (κ1) is 17.7. The third kappa shape index (κ3) is 6.55. The summed E-state index contributed by atoms with van der Waals surface area (Å²) >= 11 is 0. The van der Waals surface area contributed by atoms with E-state index in [0.717, 1.165) is 44.5 Å². The van der Waals surface area contributed by atoms with Crippen molar-refractivity contribution in [3.05, 3.63) is 41.0 Å². The van der Waals surface area contributed by atoms with E-state index in [0.29, 0.717) is 6.54 Å². The molecule has 1 aliphatic heterocycles. The van der Waals surface area contributed by atoms with Gasteiger partial charge in [0.2, 0.25) is 5.91 Å². The molecule has 0 atom stereocenters. The van der Waals surface area contributed by atoms with E-state index in [1.165, 1.54) is 11.1 Å². The first-order valence-electron chi connectivity index (χ1n) is 8.47. The Bertz CT molecular complexity index is 526. The molecule has 0 bridgehead atoms. The fraction of sp³-hybridized carbons (Fsp3) is 0.526. The van der Waals surface area contributed by atoms with E-state index in [1.54, 1.807) is 6.08 Å². The van der Waals surface area contributed by atoms with Crippen molar-refractivity contribution in [2.45, 2.75) is 39.2 Å². The van der Waals surface area contributed by atoms with Gasteiger partial charge in [0.25, 0.3) is 0 Å². The number of aliphatic hydroxyl groups excluding tert-OH is 1. The van der Waals surface area contributed by atoms with Crippen LogP contribution in [0.2, 0.25) is 0 Å². The Morgan fingerprint density at radius 1 is 1.26 bits per heavy atom. The van der Waals surface area contributed by atoms with Gasteiger partial charge in [-0.3, -0.25) is 4.79 Å². The summed E-state index contributed by atoms with van der Waals surface area (Å²) in [7, 11) is 0. The lowest BCUT2D eigenvalue weighted by Crippen LogP contribution is -2.37. The number of aliphatic hydroxyl groups is 1. The van der Waals surface area contributed by atoms with E-state index in [9.17, 15) is 9.90 Å². The van der Waals surface area contributed by atoms with Gasteiger partial charge in [-0.15, -0.1) is 0 Å². The van der Waals surface area contributed by atoms with Crippen LogP contribution in [0.15, 0.2) is 24.3 Å². The monoisotopic (exact) mass is 316 g/mol. The molecule has 0 saturated carbocycles. The molecule has 0 aliphatic carbocycles. The minimum absolute atomic E-state index is 0.0433. The lowest BCUT2D eigenvalue weighted by atomic mass is 10.1. The Kier molecular flexibility index (Phi) is 6.81. The molecule has 0 aromatic heterocycles. The van der Waals surface area contributed by atoms with Gasteiger partial charge in [0.05, 0.1) is 6.10 Å². The molecule has 1 aromatic rings. The summed E-state index contributed by atoms with van der Waals surface area (Å²) in [5, 5.41) is 12.4. The van der Waals surface area contributed by atoms with Crippen LogP contribution >= 0.6 is 0 Å². The summed E-state index contributed by atoms with van der Waals surface area (Å²) in [5.41, 5.74) is 3.47. The van der Waals surface area contributed by atoms with Gasteiger partial charge < -0.3 is 15.3 Å². The number of hydrogen-bond acceptors (Lipinski definition) is 3. The molecular weight excluding hydrogens is 288 g/mol. The molecule has 2 rings (SSSR count). The number of nitrogens with one attached hydrogen (secondary N) is 1. The summed E-state index contributed by atoms with van der Waals surface area (Å²) in [6.07, 6.45) is 6.02. The number of aryl methyl sites for hydroxylation is 2. The number of nitrogens with zero attached hydrogens (tertiary/aromatic N) is 1. The van der Waals surface area contributed by atoms with Gasteiger partial charge >= 0.3 is 0 Å². The largest absolute Gasteiger partial charge is 0.393 e. The second-order valence-corrected chi connectivity index (χ2v) is 6.47. The van der Waals surface area contributed by atoms with E-state index in [1.807, 2.05) is 6.08 Å². The lowest BCUT2D eigenvalue weighted by molar-refractivity contribution is -0.116. The van der Waals surface area contributed by atoms with Crippen molar-refractivity contribution in [2.75, 3.05) is 26.2 Å². The first-order chi connectivity index (χ1) is 11.0. The summed E-state index contributed by atoms with van der Waals surface area (Å²) in [4.78, 5) is 14.2. The highest BCUT2D eigenvalue weighted by Crippen LogP contribution is 2.11. The van der Waals surface area contributed by atoms with Gasteiger partial charge in [0, 0.05) is 25.7 Å². The number of piperidine rings is 1. The maximum absolute atomic E-state index is 11.8. The van der Waals surface area contributed by atoms with Gasteiger partial charge in [-0.2, -0.15) is 0 Å². The van der Waals surface area contributed by atoms with Gasteiger partial charge in [0.1, 0.15) is 0 Å². The molecule has 4 heteroatoms. The van der Waals surface area contributed by atoms with Gasteiger partial charge in [-0.25, -0.2) is 0 Å². The second-order valence-electron chi connectivity index (χ2n) is 6.47. The molecule has 2 N–H and O–H groups in total. The molecule has 1 saturated heterocycles. The highest BCUT2D eigenvalue weighted by molar-refractivity contribution is 5.91. The Labute approximate surface area is 139 Å². The maximum atomic E-state index is 11.8. The van der Waals surface area contributed by atoms with Gasteiger partial charge in [-0.05, 0) is 51.3 Å². The summed E-state index contributed by atoms with van der Waals surface area (Å²) < 4.78 is 0. The van der Waals surface area contributed by atoms with Crippen LogP contribution in [0.5, 0.6) is 0 Å². The molecule has 1 amide bonds. The van der Waals surface area contributed by atoms with Crippen LogP contribution in [0.4, 0.5) is 0 Å². The predicted octanol–water partition coefficient (Wildman–Crippen LogP) is 2.28. The average Bonchev–Trinajstić information content (AvgIpc) is 2.50. The number of rotatable bonds is 6. The average molecular weight is 316 g/mol. The topological polar surface area (TPSA) is 52.6 Å². The molecule has 0 unspecified atom stereocenters. The quantitative estimate of drug-likeness (QED) is 0.625. The molecule has 23 heavy (non-hydrogen) atoms. The molecule has 4 nitrogen and oxygen atoms in total. The molecular formula is C19H28N2O2. The SMILES string of the molecule is Cc1cc(C)cc(/C=C/C(=O)NCCCN2CCC(O)CC2)c1. The zero-order valence-corrected chi connectivity index (χ0v) is 14.2. The van der Waals surface area contributed by atoms with Crippen LogP contribution < -0.4 is 5.32 Å². The van der Waals surface area contributed by atoms with Crippen molar-refractivity contribution in [1.82, 2.24) is 10.2 Å². The number of carbonyl (C=O) groups excluding carboxylic acids is 1. The summed E-state index contributed by atoms with van der Waals surface area (Å²) in [6.45, 7) is 7.71. The van der Waals surface area contributed by atoms with Crippen LogP contribution in [-0.4, -0.2) is 48.2 Å². The number of carbonyl (C=O) groups is 1. The Morgan fingerprint density at radius 2 is 1.91 bits per heavy atom. The van der Waals surface area contributed by atoms with Crippen LogP contribution in [0.1, 0.15) is 36.0 Å². The van der Waals surface area contributed by atoms with Crippen molar-refractivity contribution in [1.29, 1.82) is 0 Å². The van der Waals surface area contributed by atoms with Crippen molar-refractivity contribution < 1.29 is 9.90 Å². The van der Waals surface area contributed by atoms with Crippen LogP contribution in [-0.2, 0) is 4.79 Å². The van der Waals surface area contributed by atoms with Crippen molar-refractivity contribution >= 4 is 12.0 Å². The lowest BCUT2D eigenvalue weighted by Gasteiger charge is -2.29. The number of hydrogen-bond donors (Lipinski definition) is 2. The zero-order chi connectivity index (χ0) is 16.7. The maximum Gasteiger partial charge on any atom is 0.243 e. The predicted molar refractivity (Wildman–Crippen MR) is 94.3 cm³/mol. The third-order valence-electron chi connectivity index (χ3n) is 4.18. The highest BCUT2D eigenvalue weighted by atomic mass is 16.3.